The molecule has 0 radical (unpaired) electrons. The zero-order chi connectivity index (χ0) is 62.6. The first-order valence-corrected chi connectivity index (χ1v) is 29.3. The molecule has 8 rings (SSSR count). The Labute approximate surface area is 506 Å². The second kappa shape index (κ2) is 29.8. The van der Waals surface area contributed by atoms with Gasteiger partial charge in [0, 0.05) is 111 Å². The lowest BCUT2D eigenvalue weighted by Crippen LogP contribution is -2.31. The summed E-state index contributed by atoms with van der Waals surface area (Å²) in [6.45, 7) is 34.0. The number of aromatic nitrogens is 1. The molecule has 0 saturated heterocycles. The first-order valence-electron chi connectivity index (χ1n) is 29.3. The van der Waals surface area contributed by atoms with Crippen LogP contribution in [-0.2, 0) is 52.4 Å². The van der Waals surface area contributed by atoms with Crippen LogP contribution in [0.2, 0.25) is 0 Å². The van der Waals surface area contributed by atoms with Crippen LogP contribution in [0.5, 0.6) is 40.2 Å². The summed E-state index contributed by atoms with van der Waals surface area (Å²) in [5, 5.41) is 74.0. The highest BCUT2D eigenvalue weighted by molar-refractivity contribution is 5.49. The molecule has 452 valence electrons. The fraction of sp³-hybridized carbons (Fsp3) is 0.356. The summed E-state index contributed by atoms with van der Waals surface area (Å²) in [4.78, 5) is 13.2. The Morgan fingerprint density at radius 3 is 0.718 bits per heavy atom. The highest BCUT2D eigenvalue weighted by atomic mass is 16.3. The van der Waals surface area contributed by atoms with Crippen LogP contribution in [-0.4, -0.2) is 87.5 Å². The van der Waals surface area contributed by atoms with Crippen LogP contribution in [0.1, 0.15) is 123 Å². The molecule has 7 aromatic carbocycles. The van der Waals surface area contributed by atoms with Gasteiger partial charge < -0.3 is 40.6 Å². The third-order valence-electron chi connectivity index (χ3n) is 15.4. The third-order valence-corrected chi connectivity index (χ3v) is 15.4. The van der Waals surface area contributed by atoms with E-state index in [1.165, 1.54) is 0 Å². The molecule has 12 heteroatoms. The lowest BCUT2D eigenvalue weighted by atomic mass is 10.0. The average Bonchev–Trinajstić information content (AvgIpc) is 3.58. The number of benzene rings is 7. The van der Waals surface area contributed by atoms with Gasteiger partial charge in [-0.2, -0.15) is 0 Å². The summed E-state index contributed by atoms with van der Waals surface area (Å²) < 4.78 is 0. The smallest absolute Gasteiger partial charge is 0.122 e. The van der Waals surface area contributed by atoms with Gasteiger partial charge in [0.1, 0.15) is 40.2 Å². The summed E-state index contributed by atoms with van der Waals surface area (Å²) in [5.41, 5.74) is 21.0. The van der Waals surface area contributed by atoms with Crippen molar-refractivity contribution < 1.29 is 35.7 Å². The largest absolute Gasteiger partial charge is 0.507 e. The molecule has 0 amide bonds. The highest BCUT2D eigenvalue weighted by Gasteiger charge is 2.21. The van der Waals surface area contributed by atoms with E-state index in [-0.39, 0.29) is 0 Å². The van der Waals surface area contributed by atoms with Crippen molar-refractivity contribution in [2.24, 2.45) is 0 Å². The number of hydrogen-bond donors (Lipinski definition) is 7. The Bertz CT molecular complexity index is 3340. The zero-order valence-corrected chi connectivity index (χ0v) is 53.3. The minimum atomic E-state index is 0.296. The molecule has 0 atom stereocenters. The number of aromatic hydroxyl groups is 7. The first kappa shape index (κ1) is 66.3. The van der Waals surface area contributed by atoms with Crippen molar-refractivity contribution in [3.63, 3.8) is 0 Å². The number of likely N-dealkylation sites (N-methyl/N-ethyl adjacent to an activating group) is 1. The van der Waals surface area contributed by atoms with Gasteiger partial charge in [-0.1, -0.05) is 130 Å². The van der Waals surface area contributed by atoms with Crippen molar-refractivity contribution in [2.45, 2.75) is 149 Å². The van der Waals surface area contributed by atoms with Crippen molar-refractivity contribution in [2.75, 3.05) is 27.2 Å². The monoisotopic (exact) mass is 1150 g/mol. The van der Waals surface area contributed by atoms with Crippen molar-refractivity contribution >= 4 is 0 Å². The third kappa shape index (κ3) is 18.8. The second-order valence-electron chi connectivity index (χ2n) is 24.3. The maximum atomic E-state index is 10.7. The summed E-state index contributed by atoms with van der Waals surface area (Å²) in [5.74, 6) is 2.30. The van der Waals surface area contributed by atoms with E-state index in [1.807, 2.05) is 186 Å². The van der Waals surface area contributed by atoms with Gasteiger partial charge in [0.05, 0.1) is 5.69 Å². The maximum absolute atomic E-state index is 10.7. The lowest BCUT2D eigenvalue weighted by Gasteiger charge is -2.26. The molecule has 0 unspecified atom stereocenters. The molecule has 8 aromatic rings. The van der Waals surface area contributed by atoms with E-state index >= 15 is 0 Å². The Hall–Kier alpha value is -7.87. The Morgan fingerprint density at radius 2 is 0.506 bits per heavy atom. The van der Waals surface area contributed by atoms with Gasteiger partial charge in [-0.15, -0.1) is 0 Å². The molecular weight excluding hydrogens is 1060 g/mol. The number of phenols is 7. The maximum Gasteiger partial charge on any atom is 0.122 e. The molecule has 0 aliphatic rings. The topological polar surface area (TPSA) is 167 Å². The normalized spacial score (nSPS) is 11.3. The SMILES string of the molecule is Cc1cc(C)c(O)c(CN(CCN(C)C)Cc2cc(C)cc(C)c2O)c1.Cc1cc(C)c(O)c(CN(Cc2cc(C)cc(C)c2O)Cc2cc(C)cc(C)c2O)c1.Cc1cc(C)c(O)c(CN(Cc2ccccn2)Cc2cc(C)cc(C)c2O)c1. The molecule has 85 heavy (non-hydrogen) atoms. The molecule has 0 aliphatic carbocycles. The van der Waals surface area contributed by atoms with E-state index in [0.717, 1.165) is 136 Å². The van der Waals surface area contributed by atoms with Crippen LogP contribution in [0.15, 0.2) is 109 Å². The van der Waals surface area contributed by atoms with Gasteiger partial charge in [-0.05, 0) is 162 Å². The highest BCUT2D eigenvalue weighted by Crippen LogP contribution is 2.34. The molecule has 0 bridgehead atoms. The molecule has 1 aromatic heterocycles. The minimum absolute atomic E-state index is 0.296. The van der Waals surface area contributed by atoms with Crippen molar-refractivity contribution in [1.82, 2.24) is 24.6 Å². The van der Waals surface area contributed by atoms with Crippen LogP contribution >= 0.6 is 0 Å². The van der Waals surface area contributed by atoms with E-state index in [9.17, 15) is 35.7 Å². The van der Waals surface area contributed by atoms with Crippen molar-refractivity contribution in [3.8, 4) is 40.2 Å². The Kier molecular flexibility index (Phi) is 23.2. The molecule has 0 fully saturated rings. The van der Waals surface area contributed by atoms with Gasteiger partial charge in [0.15, 0.2) is 0 Å². The van der Waals surface area contributed by atoms with E-state index in [4.69, 9.17) is 0 Å². The second-order valence-corrected chi connectivity index (χ2v) is 24.3. The van der Waals surface area contributed by atoms with E-state index in [2.05, 4.69) is 52.5 Å². The number of pyridine rings is 1. The number of phenolic OH excluding ortho intramolecular Hbond substituents is 7. The minimum Gasteiger partial charge on any atom is -0.507 e. The molecule has 1 heterocycles. The average molecular weight is 1150 g/mol. The van der Waals surface area contributed by atoms with E-state index < -0.39 is 0 Å². The van der Waals surface area contributed by atoms with Crippen LogP contribution < -0.4 is 0 Å². The number of hydrogen-bond acceptors (Lipinski definition) is 12. The predicted octanol–water partition coefficient (Wildman–Crippen LogP) is 14.7. The predicted molar refractivity (Wildman–Crippen MR) is 346 cm³/mol. The number of rotatable bonds is 19. The van der Waals surface area contributed by atoms with Crippen LogP contribution in [0, 0.1) is 96.9 Å². The van der Waals surface area contributed by atoms with Gasteiger partial charge in [0.25, 0.3) is 0 Å². The Balaban J connectivity index is 0.000000205. The molecule has 0 saturated carbocycles. The molecule has 0 aliphatic heterocycles. The van der Waals surface area contributed by atoms with Crippen LogP contribution in [0.3, 0.4) is 0 Å². The first-order chi connectivity index (χ1) is 40.0. The lowest BCUT2D eigenvalue weighted by molar-refractivity contribution is 0.221. The van der Waals surface area contributed by atoms with Crippen LogP contribution in [0.25, 0.3) is 0 Å². The summed E-state index contributed by atoms with van der Waals surface area (Å²) >= 11 is 0. The van der Waals surface area contributed by atoms with Crippen LogP contribution in [0.4, 0.5) is 0 Å². The standard InChI is InChI=1S/C27H33NO3.C24H28N2O2.C22H32N2O2/c1-16-7-19(4)25(29)22(10-16)13-28(14-23-11-17(2)8-20(5)26(23)30)15-24-12-18(3)9-21(6)27(24)31;1-16-9-18(3)23(27)20(11-16)13-26(15-22-7-5-6-8-25-22)14-21-12-17(2)10-19(4)24(21)28;1-15-9-17(3)21(25)19(11-15)13-24(8-7-23(5)6)14-20-12-16(2)10-18(4)22(20)26/h7-12,29-31H,13-15H2,1-6H3;5-12,27-28H,13-15H2,1-4H3;9-12,25-26H,7-8,13-14H2,1-6H3. The van der Waals surface area contributed by atoms with Crippen molar-refractivity contribution in [1.29, 1.82) is 0 Å². The number of nitrogens with zero attached hydrogens (tertiary/aromatic N) is 5. The molecule has 7 N–H and O–H groups in total. The summed E-state index contributed by atoms with van der Waals surface area (Å²) in [6.07, 6.45) is 1.79. The number of aryl methyl sites for hydroxylation is 14. The molecular formula is C73H93N5O7. The van der Waals surface area contributed by atoms with Crippen molar-refractivity contribution in [3.05, 3.63) is 232 Å². The van der Waals surface area contributed by atoms with Gasteiger partial charge in [-0.3, -0.25) is 19.7 Å². The molecule has 12 nitrogen and oxygen atoms in total. The van der Waals surface area contributed by atoms with Gasteiger partial charge in [-0.25, -0.2) is 0 Å². The fourth-order valence-electron chi connectivity index (χ4n) is 11.5. The zero-order valence-electron chi connectivity index (χ0n) is 53.3. The van der Waals surface area contributed by atoms with E-state index in [0.29, 0.717) is 92.6 Å². The summed E-state index contributed by atoms with van der Waals surface area (Å²) in [6, 6.07) is 33.9. The van der Waals surface area contributed by atoms with E-state index in [1.54, 1.807) is 6.20 Å². The fourth-order valence-corrected chi connectivity index (χ4v) is 11.5. The summed E-state index contributed by atoms with van der Waals surface area (Å²) in [7, 11) is 4.11. The van der Waals surface area contributed by atoms with Gasteiger partial charge in [0.2, 0.25) is 0 Å². The molecule has 0 spiro atoms. The quantitative estimate of drug-likeness (QED) is 0.0410. The van der Waals surface area contributed by atoms with Gasteiger partial charge >= 0.3 is 0 Å². The Morgan fingerprint density at radius 1 is 0.282 bits per heavy atom.